The van der Waals surface area contributed by atoms with E-state index in [0.717, 1.165) is 27.8 Å². The van der Waals surface area contributed by atoms with E-state index in [0.29, 0.717) is 0 Å². The smallest absolute Gasteiger partial charge is 0.407 e. The third-order valence-electron chi connectivity index (χ3n) is 6.12. The van der Waals surface area contributed by atoms with Gasteiger partial charge in [-0.2, -0.15) is 0 Å². The zero-order valence-corrected chi connectivity index (χ0v) is 19.4. The molecular weight excluding hydrogens is 444 g/mol. The number of carbonyl (C=O) groups is 3. The molecule has 0 fully saturated rings. The molecule has 0 saturated carbocycles. The summed E-state index contributed by atoms with van der Waals surface area (Å²) in [5, 5.41) is 14.7. The summed E-state index contributed by atoms with van der Waals surface area (Å²) in [4.78, 5) is 36.4. The van der Waals surface area contributed by atoms with Gasteiger partial charge in [-0.15, -0.1) is 0 Å². The fraction of sp³-hybridized carbons (Fsp3) is 0.250. The van der Waals surface area contributed by atoms with Gasteiger partial charge in [0.15, 0.2) is 0 Å². The van der Waals surface area contributed by atoms with Crippen molar-refractivity contribution in [3.05, 3.63) is 95.6 Å². The van der Waals surface area contributed by atoms with Gasteiger partial charge in [-0.05, 0) is 34.7 Å². The number of alkyl carbamates (subject to hydrolysis) is 1. The molecule has 4 rings (SSSR count). The lowest BCUT2D eigenvalue weighted by Crippen LogP contribution is -2.45. The lowest BCUT2D eigenvalue weighted by Gasteiger charge is -2.19. The van der Waals surface area contributed by atoms with E-state index in [2.05, 4.69) is 22.8 Å². The monoisotopic (exact) mass is 472 g/mol. The van der Waals surface area contributed by atoms with Gasteiger partial charge in [-0.1, -0.05) is 78.9 Å². The normalized spacial score (nSPS) is 13.7. The van der Waals surface area contributed by atoms with Crippen molar-refractivity contribution in [1.82, 2.24) is 10.6 Å². The van der Waals surface area contributed by atoms with Gasteiger partial charge < -0.3 is 20.5 Å². The summed E-state index contributed by atoms with van der Waals surface area (Å²) in [6, 6.07) is 23.7. The van der Waals surface area contributed by atoms with Crippen molar-refractivity contribution in [2.75, 3.05) is 6.61 Å². The van der Waals surface area contributed by atoms with Crippen molar-refractivity contribution in [2.45, 2.75) is 37.8 Å². The Bertz CT molecular complexity index is 1170. The summed E-state index contributed by atoms with van der Waals surface area (Å²) in [7, 11) is 0. The lowest BCUT2D eigenvalue weighted by molar-refractivity contribution is -0.141. The predicted octanol–water partition coefficient (Wildman–Crippen LogP) is 4.12. The number of benzene rings is 3. The Morgan fingerprint density at radius 2 is 1.43 bits per heavy atom. The van der Waals surface area contributed by atoms with Gasteiger partial charge in [-0.3, -0.25) is 4.79 Å². The molecule has 1 aliphatic carbocycles. The molecule has 0 aromatic heterocycles. The van der Waals surface area contributed by atoms with Crippen molar-refractivity contribution in [1.29, 1.82) is 0 Å². The van der Waals surface area contributed by atoms with Crippen LogP contribution in [0.3, 0.4) is 0 Å². The molecule has 3 aromatic carbocycles. The molecule has 0 heterocycles. The van der Waals surface area contributed by atoms with Crippen LogP contribution in [0.1, 0.15) is 36.0 Å². The van der Waals surface area contributed by atoms with Crippen LogP contribution in [0.4, 0.5) is 4.79 Å². The number of hydrogen-bond acceptors (Lipinski definition) is 4. The maximum Gasteiger partial charge on any atom is 0.407 e. The molecule has 1 aliphatic rings. The van der Waals surface area contributed by atoms with Crippen LogP contribution < -0.4 is 10.6 Å². The minimum Gasteiger partial charge on any atom is -0.480 e. The predicted molar refractivity (Wildman–Crippen MR) is 132 cm³/mol. The quantitative estimate of drug-likeness (QED) is 0.435. The van der Waals surface area contributed by atoms with Gasteiger partial charge in [-0.25, -0.2) is 9.59 Å². The lowest BCUT2D eigenvalue weighted by atomic mass is 9.98. The van der Waals surface area contributed by atoms with Gasteiger partial charge in [0, 0.05) is 24.8 Å². The molecule has 0 spiro atoms. The summed E-state index contributed by atoms with van der Waals surface area (Å²) >= 11 is 0. The SMILES string of the molecule is C[C@H](CC(=O)NC(Cc1ccccc1)C(=O)O)NC(=O)OCC1c2ccccc2-c2ccccc21. The topological polar surface area (TPSA) is 105 Å². The number of carboxylic acid groups (broad SMARTS) is 1. The summed E-state index contributed by atoms with van der Waals surface area (Å²) in [6.07, 6.45) is -0.509. The van der Waals surface area contributed by atoms with Crippen molar-refractivity contribution < 1.29 is 24.2 Å². The number of rotatable bonds is 9. The fourth-order valence-corrected chi connectivity index (χ4v) is 4.47. The molecule has 0 bridgehead atoms. The zero-order chi connectivity index (χ0) is 24.8. The van der Waals surface area contributed by atoms with E-state index in [1.807, 2.05) is 66.7 Å². The Hall–Kier alpha value is -4.13. The van der Waals surface area contributed by atoms with Crippen LogP contribution in [0.25, 0.3) is 11.1 Å². The fourth-order valence-electron chi connectivity index (χ4n) is 4.47. The third kappa shape index (κ3) is 5.87. The van der Waals surface area contributed by atoms with Crippen LogP contribution >= 0.6 is 0 Å². The van der Waals surface area contributed by atoms with Crippen LogP contribution in [-0.2, 0) is 20.7 Å². The number of nitrogens with one attached hydrogen (secondary N) is 2. The second-order valence-electron chi connectivity index (χ2n) is 8.72. The molecule has 7 heteroatoms. The van der Waals surface area contributed by atoms with E-state index in [9.17, 15) is 19.5 Å². The van der Waals surface area contributed by atoms with Crippen LogP contribution in [0.5, 0.6) is 0 Å². The molecule has 180 valence electrons. The van der Waals surface area contributed by atoms with Gasteiger partial charge in [0.2, 0.25) is 5.91 Å². The van der Waals surface area contributed by atoms with E-state index in [4.69, 9.17) is 4.74 Å². The van der Waals surface area contributed by atoms with Crippen molar-refractivity contribution >= 4 is 18.0 Å². The number of ether oxygens (including phenoxy) is 1. The Labute approximate surface area is 204 Å². The van der Waals surface area contributed by atoms with Crippen LogP contribution in [-0.4, -0.2) is 41.8 Å². The van der Waals surface area contributed by atoms with Crippen LogP contribution in [0, 0.1) is 0 Å². The Balaban J connectivity index is 1.28. The van der Waals surface area contributed by atoms with Crippen molar-refractivity contribution in [2.24, 2.45) is 0 Å². The number of carbonyl (C=O) groups excluding carboxylic acids is 2. The third-order valence-corrected chi connectivity index (χ3v) is 6.12. The Kier molecular flexibility index (Phi) is 7.45. The van der Waals surface area contributed by atoms with Crippen LogP contribution in [0.2, 0.25) is 0 Å². The second kappa shape index (κ2) is 10.9. The maximum absolute atomic E-state index is 12.4. The molecule has 2 amide bonds. The molecule has 0 saturated heterocycles. The second-order valence-corrected chi connectivity index (χ2v) is 8.72. The number of amides is 2. The zero-order valence-electron chi connectivity index (χ0n) is 19.4. The first-order valence-electron chi connectivity index (χ1n) is 11.6. The molecule has 35 heavy (non-hydrogen) atoms. The van der Waals surface area contributed by atoms with Gasteiger partial charge in [0.05, 0.1) is 0 Å². The van der Waals surface area contributed by atoms with E-state index < -0.39 is 30.1 Å². The molecule has 3 N–H and O–H groups in total. The number of fused-ring (bicyclic) bond motifs is 3. The van der Waals surface area contributed by atoms with Crippen molar-refractivity contribution in [3.63, 3.8) is 0 Å². The summed E-state index contributed by atoms with van der Waals surface area (Å²) in [5.41, 5.74) is 5.33. The van der Waals surface area contributed by atoms with E-state index in [-0.39, 0.29) is 25.4 Å². The average Bonchev–Trinajstić information content (AvgIpc) is 3.16. The number of hydrogen-bond donors (Lipinski definition) is 3. The highest BCUT2D eigenvalue weighted by Gasteiger charge is 2.29. The first-order valence-corrected chi connectivity index (χ1v) is 11.6. The largest absolute Gasteiger partial charge is 0.480 e. The summed E-state index contributed by atoms with van der Waals surface area (Å²) in [5.74, 6) is -1.62. The summed E-state index contributed by atoms with van der Waals surface area (Å²) < 4.78 is 5.51. The minimum atomic E-state index is -1.11. The average molecular weight is 473 g/mol. The molecular formula is C28H28N2O5. The highest BCUT2D eigenvalue weighted by Crippen LogP contribution is 2.44. The highest BCUT2D eigenvalue weighted by atomic mass is 16.5. The van der Waals surface area contributed by atoms with E-state index >= 15 is 0 Å². The Morgan fingerprint density at radius 3 is 2.03 bits per heavy atom. The minimum absolute atomic E-state index is 0.0546. The molecule has 7 nitrogen and oxygen atoms in total. The standard InChI is InChI=1S/C28H28N2O5/c1-18(15-26(31)30-25(27(32)33)16-19-9-3-2-4-10-19)29-28(34)35-17-24-22-13-7-5-11-20(22)21-12-6-8-14-23(21)24/h2-14,18,24-25H,15-17H2,1H3,(H,29,34)(H,30,31)(H,32,33)/t18-,25?/m1/s1. The van der Waals surface area contributed by atoms with Gasteiger partial charge >= 0.3 is 12.1 Å². The van der Waals surface area contributed by atoms with E-state index in [1.165, 1.54) is 0 Å². The first kappa shape index (κ1) is 24.0. The number of carboxylic acids is 1. The summed E-state index contributed by atoms with van der Waals surface area (Å²) in [6.45, 7) is 1.85. The first-order chi connectivity index (χ1) is 16.9. The Morgan fingerprint density at radius 1 is 0.857 bits per heavy atom. The number of aliphatic carboxylic acids is 1. The van der Waals surface area contributed by atoms with Crippen molar-refractivity contribution in [3.8, 4) is 11.1 Å². The highest BCUT2D eigenvalue weighted by molar-refractivity contribution is 5.84. The van der Waals surface area contributed by atoms with Gasteiger partial charge in [0.1, 0.15) is 12.6 Å². The molecule has 1 unspecified atom stereocenters. The van der Waals surface area contributed by atoms with Gasteiger partial charge in [0.25, 0.3) is 0 Å². The molecule has 0 aliphatic heterocycles. The van der Waals surface area contributed by atoms with Crippen LogP contribution in [0.15, 0.2) is 78.9 Å². The molecule has 3 aromatic rings. The molecule has 0 radical (unpaired) electrons. The maximum atomic E-state index is 12.4. The van der Waals surface area contributed by atoms with E-state index in [1.54, 1.807) is 6.92 Å². The molecule has 2 atom stereocenters.